The highest BCUT2D eigenvalue weighted by Gasteiger charge is 2.31. The summed E-state index contributed by atoms with van der Waals surface area (Å²) in [5, 5.41) is 3.69. The second kappa shape index (κ2) is 6.91. The Labute approximate surface area is 114 Å². The highest BCUT2D eigenvalue weighted by atomic mass is 15.2. The lowest BCUT2D eigenvalue weighted by molar-refractivity contribution is 0.210. The van der Waals surface area contributed by atoms with Gasteiger partial charge < -0.3 is 10.2 Å². The summed E-state index contributed by atoms with van der Waals surface area (Å²) in [7, 11) is 0. The van der Waals surface area contributed by atoms with Crippen molar-refractivity contribution < 1.29 is 0 Å². The van der Waals surface area contributed by atoms with E-state index in [0.717, 1.165) is 30.5 Å². The number of hydrogen-bond donors (Lipinski definition) is 1. The van der Waals surface area contributed by atoms with Gasteiger partial charge >= 0.3 is 0 Å². The Bertz CT molecular complexity index is 235. The molecule has 0 spiro atoms. The molecule has 0 radical (unpaired) electrons. The maximum atomic E-state index is 3.69. The number of nitrogens with zero attached hydrogens (tertiary/aromatic N) is 1. The van der Waals surface area contributed by atoms with Gasteiger partial charge in [-0.2, -0.15) is 0 Å². The predicted octanol–water partition coefficient (Wildman–Crippen LogP) is 3.28. The zero-order chi connectivity index (χ0) is 13.0. The smallest absolute Gasteiger partial charge is 0.00965 e. The minimum atomic E-state index is 0.815. The molecule has 0 heterocycles. The second-order valence-corrected chi connectivity index (χ2v) is 6.76. The van der Waals surface area contributed by atoms with Gasteiger partial charge in [0.1, 0.15) is 0 Å². The van der Waals surface area contributed by atoms with E-state index in [1.165, 1.54) is 51.6 Å². The van der Waals surface area contributed by atoms with E-state index in [9.17, 15) is 0 Å². The van der Waals surface area contributed by atoms with E-state index in [2.05, 4.69) is 31.0 Å². The Morgan fingerprint density at radius 2 is 1.94 bits per heavy atom. The van der Waals surface area contributed by atoms with Crippen LogP contribution in [0.4, 0.5) is 0 Å². The van der Waals surface area contributed by atoms with Crippen LogP contribution in [0.25, 0.3) is 0 Å². The third-order valence-corrected chi connectivity index (χ3v) is 4.58. The van der Waals surface area contributed by atoms with Crippen LogP contribution in [0.15, 0.2) is 0 Å². The fourth-order valence-corrected chi connectivity index (χ4v) is 3.58. The number of rotatable bonds is 8. The summed E-state index contributed by atoms with van der Waals surface area (Å²) in [6, 6.07) is 1.75. The third kappa shape index (κ3) is 4.24. The lowest BCUT2D eigenvalue weighted by Crippen LogP contribution is -2.36. The largest absolute Gasteiger partial charge is 0.314 e. The normalized spacial score (nSPS) is 28.5. The first-order valence-corrected chi connectivity index (χ1v) is 8.18. The number of nitrogens with one attached hydrogen (secondary N) is 1. The molecule has 0 aromatic rings. The van der Waals surface area contributed by atoms with E-state index < -0.39 is 0 Å². The summed E-state index contributed by atoms with van der Waals surface area (Å²) in [5.74, 6) is 1.76. The van der Waals surface area contributed by atoms with Gasteiger partial charge in [0.15, 0.2) is 0 Å². The molecule has 2 heteroatoms. The molecule has 2 nitrogen and oxygen atoms in total. The zero-order valence-corrected chi connectivity index (χ0v) is 12.6. The molecule has 0 aromatic heterocycles. The Morgan fingerprint density at radius 3 is 2.56 bits per heavy atom. The molecule has 106 valence electrons. The van der Waals surface area contributed by atoms with Gasteiger partial charge in [0.05, 0.1) is 0 Å². The molecule has 0 amide bonds. The SMILES string of the molecule is CCNC1CCCC1CCN(CC(C)C)C1CC1. The Morgan fingerprint density at radius 1 is 1.17 bits per heavy atom. The van der Waals surface area contributed by atoms with Gasteiger partial charge in [0, 0.05) is 18.6 Å². The monoisotopic (exact) mass is 252 g/mol. The van der Waals surface area contributed by atoms with Crippen molar-refractivity contribution in [3.05, 3.63) is 0 Å². The van der Waals surface area contributed by atoms with E-state index in [1.807, 2.05) is 0 Å². The second-order valence-electron chi connectivity index (χ2n) is 6.76. The Balaban J connectivity index is 1.74. The highest BCUT2D eigenvalue weighted by Crippen LogP contribution is 2.32. The standard InChI is InChI=1S/C16H32N2/c1-4-17-16-7-5-6-14(16)10-11-18(12-13(2)3)15-8-9-15/h13-17H,4-12H2,1-3H3. The zero-order valence-electron chi connectivity index (χ0n) is 12.6. The minimum Gasteiger partial charge on any atom is -0.314 e. The van der Waals surface area contributed by atoms with Crippen molar-refractivity contribution in [2.75, 3.05) is 19.6 Å². The molecule has 2 rings (SSSR count). The lowest BCUT2D eigenvalue weighted by atomic mass is 9.99. The van der Waals surface area contributed by atoms with Crippen LogP contribution in [-0.4, -0.2) is 36.6 Å². The average molecular weight is 252 g/mol. The number of hydrogen-bond acceptors (Lipinski definition) is 2. The molecule has 0 aromatic carbocycles. The Hall–Kier alpha value is -0.0800. The summed E-state index contributed by atoms with van der Waals surface area (Å²) < 4.78 is 0. The van der Waals surface area contributed by atoms with Crippen molar-refractivity contribution in [3.8, 4) is 0 Å². The van der Waals surface area contributed by atoms with E-state index in [4.69, 9.17) is 0 Å². The average Bonchev–Trinajstić information content (AvgIpc) is 3.07. The lowest BCUT2D eigenvalue weighted by Gasteiger charge is -2.27. The first-order chi connectivity index (χ1) is 8.70. The molecule has 0 aliphatic heterocycles. The molecule has 0 bridgehead atoms. The molecule has 2 fully saturated rings. The van der Waals surface area contributed by atoms with Crippen LogP contribution in [0.2, 0.25) is 0 Å². The first kappa shape index (κ1) is 14.3. The van der Waals surface area contributed by atoms with Crippen molar-refractivity contribution in [1.29, 1.82) is 0 Å². The van der Waals surface area contributed by atoms with E-state index >= 15 is 0 Å². The Kier molecular flexibility index (Phi) is 5.50. The van der Waals surface area contributed by atoms with Crippen LogP contribution in [-0.2, 0) is 0 Å². The molecule has 2 aliphatic rings. The van der Waals surface area contributed by atoms with E-state index in [-0.39, 0.29) is 0 Å². The van der Waals surface area contributed by atoms with Gasteiger partial charge in [-0.3, -0.25) is 0 Å². The van der Waals surface area contributed by atoms with Crippen LogP contribution >= 0.6 is 0 Å². The summed E-state index contributed by atoms with van der Waals surface area (Å²) in [5.41, 5.74) is 0. The molecule has 1 N–H and O–H groups in total. The van der Waals surface area contributed by atoms with E-state index in [0.29, 0.717) is 0 Å². The van der Waals surface area contributed by atoms with Crippen molar-refractivity contribution in [2.24, 2.45) is 11.8 Å². The quantitative estimate of drug-likeness (QED) is 0.713. The fourth-order valence-electron chi connectivity index (χ4n) is 3.58. The molecule has 2 atom stereocenters. The molecule has 2 unspecified atom stereocenters. The van der Waals surface area contributed by atoms with Crippen molar-refractivity contribution in [1.82, 2.24) is 10.2 Å². The summed E-state index contributed by atoms with van der Waals surface area (Å²) in [6.45, 7) is 10.7. The van der Waals surface area contributed by atoms with Gasteiger partial charge in [0.2, 0.25) is 0 Å². The van der Waals surface area contributed by atoms with Gasteiger partial charge in [-0.25, -0.2) is 0 Å². The first-order valence-electron chi connectivity index (χ1n) is 8.18. The topological polar surface area (TPSA) is 15.3 Å². The summed E-state index contributed by atoms with van der Waals surface area (Å²) >= 11 is 0. The maximum absolute atomic E-state index is 3.69. The highest BCUT2D eigenvalue weighted by molar-refractivity contribution is 4.88. The van der Waals surface area contributed by atoms with Gasteiger partial charge in [-0.1, -0.05) is 27.2 Å². The van der Waals surface area contributed by atoms with Crippen molar-refractivity contribution in [2.45, 2.75) is 71.4 Å². The van der Waals surface area contributed by atoms with Crippen LogP contribution in [0.5, 0.6) is 0 Å². The van der Waals surface area contributed by atoms with Gasteiger partial charge in [0.25, 0.3) is 0 Å². The van der Waals surface area contributed by atoms with Crippen LogP contribution in [0.3, 0.4) is 0 Å². The van der Waals surface area contributed by atoms with Crippen LogP contribution in [0, 0.1) is 11.8 Å². The minimum absolute atomic E-state index is 0.815. The molecular weight excluding hydrogens is 220 g/mol. The van der Waals surface area contributed by atoms with Gasteiger partial charge in [-0.05, 0) is 57.0 Å². The molecule has 18 heavy (non-hydrogen) atoms. The maximum Gasteiger partial charge on any atom is 0.00965 e. The van der Waals surface area contributed by atoms with Gasteiger partial charge in [-0.15, -0.1) is 0 Å². The molecular formula is C16H32N2. The summed E-state index contributed by atoms with van der Waals surface area (Å²) in [4.78, 5) is 2.77. The van der Waals surface area contributed by atoms with Crippen LogP contribution in [0.1, 0.15) is 59.3 Å². The molecule has 0 saturated heterocycles. The predicted molar refractivity (Wildman–Crippen MR) is 78.9 cm³/mol. The third-order valence-electron chi connectivity index (χ3n) is 4.58. The van der Waals surface area contributed by atoms with Crippen LogP contribution < -0.4 is 5.32 Å². The molecule has 2 aliphatic carbocycles. The summed E-state index contributed by atoms with van der Waals surface area (Å²) in [6.07, 6.45) is 8.63. The van der Waals surface area contributed by atoms with E-state index in [1.54, 1.807) is 0 Å². The van der Waals surface area contributed by atoms with Crippen molar-refractivity contribution in [3.63, 3.8) is 0 Å². The van der Waals surface area contributed by atoms with Crippen molar-refractivity contribution >= 4 is 0 Å². The fraction of sp³-hybridized carbons (Fsp3) is 1.00. The molecule has 2 saturated carbocycles.